The summed E-state index contributed by atoms with van der Waals surface area (Å²) in [5.74, 6) is -0.806. The molecular formula is C14H16N2O2. The second-order valence-corrected chi connectivity index (χ2v) is 4.46. The van der Waals surface area contributed by atoms with E-state index in [4.69, 9.17) is 10.00 Å². The molecule has 0 spiro atoms. The van der Waals surface area contributed by atoms with Gasteiger partial charge in [-0.05, 0) is 31.4 Å². The fourth-order valence-electron chi connectivity index (χ4n) is 2.17. The van der Waals surface area contributed by atoms with Crippen molar-refractivity contribution in [1.82, 2.24) is 4.98 Å². The summed E-state index contributed by atoms with van der Waals surface area (Å²) in [5, 5.41) is 9.10. The molecular weight excluding hydrogens is 228 g/mol. The highest BCUT2D eigenvalue weighted by molar-refractivity contribution is 5.87. The van der Waals surface area contributed by atoms with Gasteiger partial charge in [-0.15, -0.1) is 0 Å². The average Bonchev–Trinajstić information content (AvgIpc) is 2.92. The summed E-state index contributed by atoms with van der Waals surface area (Å²) in [7, 11) is 0. The number of nitriles is 1. The molecule has 0 bridgehead atoms. The fraction of sp³-hybridized carbons (Fsp3) is 0.500. The summed E-state index contributed by atoms with van der Waals surface area (Å²) in [6.45, 7) is 0.792. The first-order valence-corrected chi connectivity index (χ1v) is 6.26. The van der Waals surface area contributed by atoms with Crippen molar-refractivity contribution >= 4 is 5.78 Å². The predicted octanol–water partition coefficient (Wildman–Crippen LogP) is 2.22. The summed E-state index contributed by atoms with van der Waals surface area (Å²) in [6, 6.07) is 7.33. The maximum Gasteiger partial charge on any atom is 0.156 e. The van der Waals surface area contributed by atoms with Crippen LogP contribution in [0, 0.1) is 11.3 Å². The van der Waals surface area contributed by atoms with E-state index in [1.165, 1.54) is 0 Å². The quantitative estimate of drug-likeness (QED) is 0.796. The van der Waals surface area contributed by atoms with Crippen molar-refractivity contribution in [1.29, 1.82) is 5.26 Å². The molecule has 2 rings (SSSR count). The lowest BCUT2D eigenvalue weighted by molar-refractivity contribution is -0.120. The number of ketones is 1. The van der Waals surface area contributed by atoms with Crippen LogP contribution in [0.15, 0.2) is 24.4 Å². The molecule has 1 saturated heterocycles. The van der Waals surface area contributed by atoms with Gasteiger partial charge < -0.3 is 4.74 Å². The largest absolute Gasteiger partial charge is 0.378 e. The highest BCUT2D eigenvalue weighted by Gasteiger charge is 2.23. The molecule has 0 N–H and O–H groups in total. The zero-order chi connectivity index (χ0) is 12.8. The van der Waals surface area contributed by atoms with Crippen LogP contribution in [0.4, 0.5) is 0 Å². The molecule has 1 aromatic heterocycles. The lowest BCUT2D eigenvalue weighted by Crippen LogP contribution is -2.15. The molecule has 1 aromatic rings. The van der Waals surface area contributed by atoms with E-state index in [0.29, 0.717) is 18.5 Å². The Bertz CT molecular complexity index is 433. The zero-order valence-electron chi connectivity index (χ0n) is 10.2. The normalized spacial score (nSPS) is 20.3. The van der Waals surface area contributed by atoms with E-state index in [1.54, 1.807) is 24.4 Å². The van der Waals surface area contributed by atoms with E-state index in [1.807, 2.05) is 6.07 Å². The van der Waals surface area contributed by atoms with Gasteiger partial charge in [-0.25, -0.2) is 0 Å². The molecule has 0 amide bonds. The number of hydrogen-bond donors (Lipinski definition) is 0. The second-order valence-electron chi connectivity index (χ2n) is 4.46. The Hall–Kier alpha value is -1.73. The average molecular weight is 244 g/mol. The number of aromatic nitrogens is 1. The topological polar surface area (TPSA) is 63.0 Å². The summed E-state index contributed by atoms with van der Waals surface area (Å²) in [5.41, 5.74) is 0.539. The molecule has 0 aliphatic carbocycles. The maximum absolute atomic E-state index is 12.0. The van der Waals surface area contributed by atoms with Crippen LogP contribution in [0.2, 0.25) is 0 Å². The van der Waals surface area contributed by atoms with Crippen LogP contribution in [-0.4, -0.2) is 23.5 Å². The number of hydrogen-bond acceptors (Lipinski definition) is 4. The first kappa shape index (κ1) is 12.7. The van der Waals surface area contributed by atoms with Crippen molar-refractivity contribution in [3.8, 4) is 6.07 Å². The molecule has 0 saturated carbocycles. The van der Waals surface area contributed by atoms with E-state index < -0.39 is 5.92 Å². The number of ether oxygens (including phenoxy) is 1. The number of carbonyl (C=O) groups is 1. The van der Waals surface area contributed by atoms with Gasteiger partial charge in [-0.1, -0.05) is 6.07 Å². The van der Waals surface area contributed by atoms with E-state index in [2.05, 4.69) is 4.98 Å². The molecule has 4 heteroatoms. The van der Waals surface area contributed by atoms with Gasteiger partial charge in [0.2, 0.25) is 0 Å². The van der Waals surface area contributed by atoms with Gasteiger partial charge in [-0.2, -0.15) is 5.26 Å². The van der Waals surface area contributed by atoms with Gasteiger partial charge in [0, 0.05) is 19.2 Å². The third kappa shape index (κ3) is 3.14. The predicted molar refractivity (Wildman–Crippen MR) is 65.8 cm³/mol. The number of rotatable bonds is 5. The van der Waals surface area contributed by atoms with Crippen LogP contribution in [-0.2, 0) is 9.53 Å². The van der Waals surface area contributed by atoms with E-state index in [0.717, 1.165) is 19.4 Å². The number of pyridine rings is 1. The Kier molecular flexibility index (Phi) is 4.43. The highest BCUT2D eigenvalue weighted by Crippen LogP contribution is 2.21. The number of carbonyl (C=O) groups excluding carboxylic acids is 1. The van der Waals surface area contributed by atoms with E-state index >= 15 is 0 Å². The minimum Gasteiger partial charge on any atom is -0.378 e. The Labute approximate surface area is 107 Å². The molecule has 0 radical (unpaired) electrons. The van der Waals surface area contributed by atoms with Crippen molar-refractivity contribution in [2.45, 2.75) is 37.7 Å². The molecule has 1 aliphatic rings. The minimum atomic E-state index is -0.743. The standard InChI is InChI=1S/C14H16N2O2/c15-10-12(13-5-1-2-8-16-13)14(17)7-6-11-4-3-9-18-11/h1-2,5,8,11-12H,3-4,6-7,9H2. The molecule has 4 nitrogen and oxygen atoms in total. The molecule has 0 aromatic carbocycles. The molecule has 1 aliphatic heterocycles. The SMILES string of the molecule is N#CC(C(=O)CCC1CCCO1)c1ccccn1. The van der Waals surface area contributed by atoms with Crippen LogP contribution in [0.25, 0.3) is 0 Å². The Morgan fingerprint density at radius 3 is 3.11 bits per heavy atom. The summed E-state index contributed by atoms with van der Waals surface area (Å²) in [6.07, 6.45) is 4.99. The second kappa shape index (κ2) is 6.27. The number of nitrogens with zero attached hydrogens (tertiary/aromatic N) is 2. The Morgan fingerprint density at radius 1 is 1.61 bits per heavy atom. The van der Waals surface area contributed by atoms with Gasteiger partial charge in [0.1, 0.15) is 5.92 Å². The Morgan fingerprint density at radius 2 is 2.50 bits per heavy atom. The maximum atomic E-state index is 12.0. The van der Waals surface area contributed by atoms with Crippen molar-refractivity contribution in [2.75, 3.05) is 6.61 Å². The molecule has 18 heavy (non-hydrogen) atoms. The summed E-state index contributed by atoms with van der Waals surface area (Å²) < 4.78 is 5.47. The molecule has 2 heterocycles. The van der Waals surface area contributed by atoms with Crippen LogP contribution in [0.5, 0.6) is 0 Å². The van der Waals surface area contributed by atoms with Crippen molar-refractivity contribution in [2.24, 2.45) is 0 Å². The smallest absolute Gasteiger partial charge is 0.156 e. The van der Waals surface area contributed by atoms with Crippen LogP contribution < -0.4 is 0 Å². The minimum absolute atomic E-state index is 0.0632. The molecule has 2 atom stereocenters. The van der Waals surface area contributed by atoms with Crippen molar-refractivity contribution in [3.05, 3.63) is 30.1 Å². The monoisotopic (exact) mass is 244 g/mol. The van der Waals surface area contributed by atoms with Gasteiger partial charge in [0.05, 0.1) is 17.9 Å². The molecule has 94 valence electrons. The highest BCUT2D eigenvalue weighted by atomic mass is 16.5. The van der Waals surface area contributed by atoms with Crippen molar-refractivity contribution < 1.29 is 9.53 Å². The lowest BCUT2D eigenvalue weighted by atomic mass is 9.96. The van der Waals surface area contributed by atoms with Gasteiger partial charge in [0.15, 0.2) is 5.78 Å². The van der Waals surface area contributed by atoms with Gasteiger partial charge in [-0.3, -0.25) is 9.78 Å². The fourth-order valence-corrected chi connectivity index (χ4v) is 2.17. The van der Waals surface area contributed by atoms with Gasteiger partial charge >= 0.3 is 0 Å². The summed E-state index contributed by atoms with van der Waals surface area (Å²) in [4.78, 5) is 16.1. The number of Topliss-reactive ketones (excluding diaryl/α,β-unsaturated/α-hetero) is 1. The third-order valence-electron chi connectivity index (χ3n) is 3.17. The molecule has 1 fully saturated rings. The lowest BCUT2D eigenvalue weighted by Gasteiger charge is -2.10. The first-order valence-electron chi connectivity index (χ1n) is 6.26. The van der Waals surface area contributed by atoms with Gasteiger partial charge in [0.25, 0.3) is 0 Å². The third-order valence-corrected chi connectivity index (χ3v) is 3.17. The van der Waals surface area contributed by atoms with Crippen LogP contribution in [0.3, 0.4) is 0 Å². The first-order chi connectivity index (χ1) is 8.81. The van der Waals surface area contributed by atoms with E-state index in [-0.39, 0.29) is 11.9 Å². The zero-order valence-corrected chi connectivity index (χ0v) is 10.2. The summed E-state index contributed by atoms with van der Waals surface area (Å²) >= 11 is 0. The Balaban J connectivity index is 1.92. The molecule has 2 unspecified atom stereocenters. The van der Waals surface area contributed by atoms with Crippen molar-refractivity contribution in [3.63, 3.8) is 0 Å². The van der Waals surface area contributed by atoms with Crippen LogP contribution >= 0.6 is 0 Å². The van der Waals surface area contributed by atoms with E-state index in [9.17, 15) is 4.79 Å². The van der Waals surface area contributed by atoms with Crippen LogP contribution in [0.1, 0.15) is 37.3 Å².